The smallest absolute Gasteiger partial charge is 0.255 e. The molecule has 1 aliphatic heterocycles. The van der Waals surface area contributed by atoms with E-state index < -0.39 is 10.0 Å². The number of carbonyl (C=O) groups is 1. The lowest BCUT2D eigenvalue weighted by Gasteiger charge is -2.34. The minimum absolute atomic E-state index is 0.0588. The van der Waals surface area contributed by atoms with Crippen LogP contribution in [0.15, 0.2) is 18.2 Å². The van der Waals surface area contributed by atoms with Crippen molar-refractivity contribution >= 4 is 15.9 Å². The highest BCUT2D eigenvalue weighted by atomic mass is 32.2. The van der Waals surface area contributed by atoms with Crippen LogP contribution in [0.1, 0.15) is 43.0 Å². The van der Waals surface area contributed by atoms with Crippen molar-refractivity contribution in [3.8, 4) is 11.5 Å². The van der Waals surface area contributed by atoms with E-state index in [0.717, 1.165) is 25.7 Å². The van der Waals surface area contributed by atoms with Crippen molar-refractivity contribution in [3.05, 3.63) is 23.8 Å². The zero-order valence-electron chi connectivity index (χ0n) is 15.7. The highest BCUT2D eigenvalue weighted by Gasteiger charge is 2.30. The highest BCUT2D eigenvalue weighted by molar-refractivity contribution is 7.89. The molecule has 0 radical (unpaired) electrons. The molecule has 1 saturated heterocycles. The van der Waals surface area contributed by atoms with Gasteiger partial charge in [0.05, 0.1) is 25.5 Å². The normalized spacial score (nSPS) is 18.3. The summed E-state index contributed by atoms with van der Waals surface area (Å²) in [4.78, 5) is 12.4. The largest absolute Gasteiger partial charge is 0.497 e. The lowest BCUT2D eigenvalue weighted by atomic mass is 10.0. The second-order valence-corrected chi connectivity index (χ2v) is 8.35. The monoisotopic (exact) mass is 384 g/mol. The fraction of sp³-hybridized carbons (Fsp3) is 0.611. The fourth-order valence-electron chi connectivity index (χ4n) is 3.24. The third kappa shape index (κ3) is 4.88. The van der Waals surface area contributed by atoms with E-state index in [-0.39, 0.29) is 24.2 Å². The Kier molecular flexibility index (Phi) is 7.28. The number of carbonyl (C=O) groups excluding carboxylic acids is 1. The molecule has 0 spiro atoms. The van der Waals surface area contributed by atoms with E-state index in [9.17, 15) is 13.2 Å². The molecule has 1 amide bonds. The van der Waals surface area contributed by atoms with E-state index in [1.54, 1.807) is 22.5 Å². The Morgan fingerprint density at radius 1 is 1.27 bits per heavy atom. The molecule has 146 valence electrons. The zero-order valence-corrected chi connectivity index (χ0v) is 16.5. The molecule has 26 heavy (non-hydrogen) atoms. The van der Waals surface area contributed by atoms with Crippen molar-refractivity contribution in [3.63, 3.8) is 0 Å². The maximum absolute atomic E-state index is 12.6. The summed E-state index contributed by atoms with van der Waals surface area (Å²) in [5.41, 5.74) is 0.343. The molecule has 7 nitrogen and oxygen atoms in total. The number of ether oxygens (including phenoxy) is 2. The number of piperidine rings is 1. The van der Waals surface area contributed by atoms with Gasteiger partial charge in [-0.2, -0.15) is 4.31 Å². The lowest BCUT2D eigenvalue weighted by Crippen LogP contribution is -2.46. The third-order valence-electron chi connectivity index (χ3n) is 4.70. The minimum Gasteiger partial charge on any atom is -0.497 e. The fourth-order valence-corrected chi connectivity index (χ4v) is 4.95. The molecule has 0 bridgehead atoms. The molecule has 0 aromatic heterocycles. The van der Waals surface area contributed by atoms with Crippen molar-refractivity contribution in [1.82, 2.24) is 9.62 Å². The zero-order chi connectivity index (χ0) is 19.2. The van der Waals surface area contributed by atoms with Crippen LogP contribution in [0.2, 0.25) is 0 Å². The molecule has 1 fully saturated rings. The van der Waals surface area contributed by atoms with Gasteiger partial charge in [0.2, 0.25) is 10.0 Å². The highest BCUT2D eigenvalue weighted by Crippen LogP contribution is 2.25. The van der Waals surface area contributed by atoms with Crippen molar-refractivity contribution in [2.45, 2.75) is 38.6 Å². The van der Waals surface area contributed by atoms with Gasteiger partial charge >= 0.3 is 0 Å². The molecule has 0 aliphatic carbocycles. The van der Waals surface area contributed by atoms with Crippen molar-refractivity contribution in [2.75, 3.05) is 33.1 Å². The number of benzene rings is 1. The van der Waals surface area contributed by atoms with Crippen LogP contribution >= 0.6 is 0 Å². The Morgan fingerprint density at radius 3 is 2.69 bits per heavy atom. The molecule has 1 aliphatic rings. The minimum atomic E-state index is -3.38. The predicted molar refractivity (Wildman–Crippen MR) is 100 cm³/mol. The Labute approximate surface area is 155 Å². The standard InChI is InChI=1S/C18H28N2O5S/c1-4-14-7-5-6-11-20(14)26(22,23)12-10-19-18(21)16-9-8-15(24-2)13-17(16)25-3/h8-9,13-14H,4-7,10-12H2,1-3H3,(H,19,21)/t14-/m1/s1. The van der Waals surface area contributed by atoms with E-state index in [4.69, 9.17) is 9.47 Å². The SMILES string of the molecule is CC[C@@H]1CCCCN1S(=O)(=O)CCNC(=O)c1ccc(OC)cc1OC. The number of hydrogen-bond donors (Lipinski definition) is 1. The second-order valence-electron chi connectivity index (χ2n) is 6.31. The van der Waals surface area contributed by atoms with Crippen molar-refractivity contribution in [1.29, 1.82) is 0 Å². The van der Waals surface area contributed by atoms with Crippen LogP contribution in [0, 0.1) is 0 Å². The van der Waals surface area contributed by atoms with Gasteiger partial charge in [-0.15, -0.1) is 0 Å². The first kappa shape index (κ1) is 20.5. The van der Waals surface area contributed by atoms with Gasteiger partial charge in [-0.05, 0) is 31.4 Å². The summed E-state index contributed by atoms with van der Waals surface area (Å²) in [6.45, 7) is 2.64. The molecule has 1 aromatic carbocycles. The van der Waals surface area contributed by atoms with E-state index in [1.165, 1.54) is 14.2 Å². The summed E-state index contributed by atoms with van der Waals surface area (Å²) in [5.74, 6) is 0.488. The van der Waals surface area contributed by atoms with E-state index >= 15 is 0 Å². The Bertz CT molecular complexity index is 720. The van der Waals surface area contributed by atoms with Crippen molar-refractivity contribution < 1.29 is 22.7 Å². The Morgan fingerprint density at radius 2 is 2.04 bits per heavy atom. The molecule has 1 heterocycles. The van der Waals surface area contributed by atoms with E-state index in [0.29, 0.717) is 23.6 Å². The lowest BCUT2D eigenvalue weighted by molar-refractivity contribution is 0.0953. The summed E-state index contributed by atoms with van der Waals surface area (Å²) in [5, 5.41) is 2.67. The number of nitrogens with zero attached hydrogens (tertiary/aromatic N) is 1. The first-order valence-electron chi connectivity index (χ1n) is 8.92. The van der Waals surface area contributed by atoms with E-state index in [2.05, 4.69) is 5.32 Å². The van der Waals surface area contributed by atoms with Crippen LogP contribution in [0.4, 0.5) is 0 Å². The van der Waals surface area contributed by atoms with Gasteiger partial charge in [-0.1, -0.05) is 13.3 Å². The Balaban J connectivity index is 1.97. The second kappa shape index (κ2) is 9.23. The van der Waals surface area contributed by atoms with Gasteiger partial charge in [0.25, 0.3) is 5.91 Å². The third-order valence-corrected chi connectivity index (χ3v) is 6.62. The predicted octanol–water partition coefficient (Wildman–Crippen LogP) is 2.03. The average Bonchev–Trinajstić information content (AvgIpc) is 2.67. The van der Waals surface area contributed by atoms with Crippen LogP contribution in [0.5, 0.6) is 11.5 Å². The molecular weight excluding hydrogens is 356 g/mol. The summed E-state index contributed by atoms with van der Waals surface area (Å²) in [6, 6.07) is 4.95. The number of rotatable bonds is 8. The molecule has 0 unspecified atom stereocenters. The summed E-state index contributed by atoms with van der Waals surface area (Å²) < 4.78 is 37.2. The molecule has 1 N–H and O–H groups in total. The number of nitrogens with one attached hydrogen (secondary N) is 1. The summed E-state index contributed by atoms with van der Waals surface area (Å²) in [7, 11) is -0.381. The van der Waals surface area contributed by atoms with Gasteiger partial charge in [0, 0.05) is 25.2 Å². The first-order valence-corrected chi connectivity index (χ1v) is 10.5. The summed E-state index contributed by atoms with van der Waals surface area (Å²) in [6.07, 6.45) is 3.68. The molecule has 1 atom stereocenters. The topological polar surface area (TPSA) is 84.9 Å². The van der Waals surface area contributed by atoms with Crippen molar-refractivity contribution in [2.24, 2.45) is 0 Å². The maximum Gasteiger partial charge on any atom is 0.255 e. The number of sulfonamides is 1. The molecule has 1 aromatic rings. The quantitative estimate of drug-likeness (QED) is 0.741. The summed E-state index contributed by atoms with van der Waals surface area (Å²) >= 11 is 0. The number of amides is 1. The van der Waals surface area contributed by atoms with Gasteiger partial charge in [-0.25, -0.2) is 8.42 Å². The number of methoxy groups -OCH3 is 2. The van der Waals surface area contributed by atoms with Gasteiger partial charge in [-0.3, -0.25) is 4.79 Å². The average molecular weight is 384 g/mol. The number of hydrogen-bond acceptors (Lipinski definition) is 5. The van der Waals surface area contributed by atoms with Crippen LogP contribution in [0.3, 0.4) is 0 Å². The first-order chi connectivity index (χ1) is 12.4. The maximum atomic E-state index is 12.6. The van der Waals surface area contributed by atoms with Gasteiger partial charge in [0.1, 0.15) is 11.5 Å². The van der Waals surface area contributed by atoms with E-state index in [1.807, 2.05) is 6.92 Å². The Hall–Kier alpha value is -1.80. The molecular formula is C18H28N2O5S. The van der Waals surface area contributed by atoms with Crippen LogP contribution in [-0.2, 0) is 10.0 Å². The molecule has 8 heteroatoms. The molecule has 0 saturated carbocycles. The molecule has 2 rings (SSSR count). The van der Waals surface area contributed by atoms with Crippen LogP contribution in [-0.4, -0.2) is 57.7 Å². The van der Waals surface area contributed by atoms with Gasteiger partial charge in [0.15, 0.2) is 0 Å². The van der Waals surface area contributed by atoms with Crippen LogP contribution < -0.4 is 14.8 Å². The van der Waals surface area contributed by atoms with Gasteiger partial charge < -0.3 is 14.8 Å². The van der Waals surface area contributed by atoms with Crippen LogP contribution in [0.25, 0.3) is 0 Å².